The van der Waals surface area contributed by atoms with E-state index in [4.69, 9.17) is 8.83 Å². The lowest BCUT2D eigenvalue weighted by Gasteiger charge is -2.08. The van der Waals surface area contributed by atoms with Crippen LogP contribution in [0.2, 0.25) is 0 Å². The van der Waals surface area contributed by atoms with E-state index >= 15 is 0 Å². The molecule has 0 saturated carbocycles. The standard InChI is InChI=1S/C38H23NO2/c1-2-8-28(9-3-1)39-33-12-6-4-11-30(33)38-37(39)31-20-18-27(23-36(31)41-38)25-16-14-24(15-17-25)26-19-21-35-32(22-26)29-10-5-7-13-34(29)40-35/h1-23H. The normalized spacial score (nSPS) is 11.9. The van der Waals surface area contributed by atoms with E-state index in [1.165, 1.54) is 11.1 Å². The minimum atomic E-state index is 0.893. The highest BCUT2D eigenvalue weighted by Crippen LogP contribution is 2.40. The highest BCUT2D eigenvalue weighted by molar-refractivity contribution is 6.16. The maximum Gasteiger partial charge on any atom is 0.161 e. The summed E-state index contributed by atoms with van der Waals surface area (Å²) >= 11 is 0. The zero-order valence-corrected chi connectivity index (χ0v) is 22.0. The Labute approximate surface area is 235 Å². The van der Waals surface area contributed by atoms with E-state index in [0.717, 1.165) is 71.7 Å². The van der Waals surface area contributed by atoms with Crippen molar-refractivity contribution in [3.8, 4) is 27.9 Å². The van der Waals surface area contributed by atoms with Gasteiger partial charge in [0.15, 0.2) is 5.58 Å². The first-order valence-corrected chi connectivity index (χ1v) is 13.9. The number of rotatable bonds is 3. The summed E-state index contributed by atoms with van der Waals surface area (Å²) in [4.78, 5) is 0. The molecule has 3 nitrogen and oxygen atoms in total. The van der Waals surface area contributed by atoms with Crippen molar-refractivity contribution >= 4 is 54.9 Å². The molecule has 3 heterocycles. The van der Waals surface area contributed by atoms with Crippen LogP contribution in [0.5, 0.6) is 0 Å². The van der Waals surface area contributed by atoms with Crippen molar-refractivity contribution in [2.75, 3.05) is 0 Å². The molecule has 3 aromatic heterocycles. The third-order valence-corrected chi connectivity index (χ3v) is 8.22. The van der Waals surface area contributed by atoms with Crippen LogP contribution in [0.4, 0.5) is 0 Å². The summed E-state index contributed by atoms with van der Waals surface area (Å²) in [6.45, 7) is 0. The minimum absolute atomic E-state index is 0.893. The van der Waals surface area contributed by atoms with Crippen molar-refractivity contribution in [3.05, 3.63) is 140 Å². The van der Waals surface area contributed by atoms with Gasteiger partial charge >= 0.3 is 0 Å². The van der Waals surface area contributed by atoms with Gasteiger partial charge in [-0.05, 0) is 76.9 Å². The van der Waals surface area contributed by atoms with Crippen LogP contribution in [0.1, 0.15) is 0 Å². The molecule has 0 aliphatic heterocycles. The number of nitrogens with zero attached hydrogens (tertiary/aromatic N) is 1. The van der Waals surface area contributed by atoms with Crippen LogP contribution >= 0.6 is 0 Å². The number of fused-ring (bicyclic) bond motifs is 8. The molecule has 0 spiro atoms. The van der Waals surface area contributed by atoms with Crippen LogP contribution in [-0.4, -0.2) is 4.57 Å². The zero-order valence-electron chi connectivity index (χ0n) is 22.0. The van der Waals surface area contributed by atoms with Crippen LogP contribution in [0.25, 0.3) is 82.9 Å². The highest BCUT2D eigenvalue weighted by atomic mass is 16.3. The van der Waals surface area contributed by atoms with Gasteiger partial charge < -0.3 is 13.4 Å². The fourth-order valence-corrected chi connectivity index (χ4v) is 6.25. The second kappa shape index (κ2) is 8.48. The Kier molecular flexibility index (Phi) is 4.61. The molecule has 9 aromatic rings. The lowest BCUT2D eigenvalue weighted by Crippen LogP contribution is -1.92. The average Bonchev–Trinajstić information content (AvgIpc) is 3.69. The molecule has 0 fully saturated rings. The molecular weight excluding hydrogens is 502 g/mol. The number of para-hydroxylation sites is 3. The second-order valence-electron chi connectivity index (χ2n) is 10.6. The first-order valence-electron chi connectivity index (χ1n) is 13.9. The minimum Gasteiger partial charge on any atom is -0.456 e. The van der Waals surface area contributed by atoms with Gasteiger partial charge in [0.05, 0.1) is 5.52 Å². The molecule has 0 aliphatic carbocycles. The lowest BCUT2D eigenvalue weighted by atomic mass is 9.98. The number of hydrogen-bond acceptors (Lipinski definition) is 2. The van der Waals surface area contributed by atoms with E-state index in [9.17, 15) is 0 Å². The van der Waals surface area contributed by atoms with Crippen molar-refractivity contribution in [1.29, 1.82) is 0 Å². The maximum atomic E-state index is 6.56. The Hall–Kier alpha value is -5.54. The predicted octanol–water partition coefficient (Wildman–Crippen LogP) is 10.8. The monoisotopic (exact) mass is 525 g/mol. The summed E-state index contributed by atoms with van der Waals surface area (Å²) in [6.07, 6.45) is 0. The van der Waals surface area contributed by atoms with Crippen LogP contribution in [0.3, 0.4) is 0 Å². The Bertz CT molecular complexity index is 2400. The topological polar surface area (TPSA) is 31.2 Å². The lowest BCUT2D eigenvalue weighted by molar-refractivity contribution is 0.669. The molecule has 41 heavy (non-hydrogen) atoms. The quantitative estimate of drug-likeness (QED) is 0.230. The average molecular weight is 526 g/mol. The van der Waals surface area contributed by atoms with Gasteiger partial charge in [-0.3, -0.25) is 0 Å². The Balaban J connectivity index is 1.14. The summed E-state index contributed by atoms with van der Waals surface area (Å²) in [6, 6.07) is 48.9. The van der Waals surface area contributed by atoms with E-state index < -0.39 is 0 Å². The molecule has 9 rings (SSSR count). The van der Waals surface area contributed by atoms with Crippen molar-refractivity contribution in [2.45, 2.75) is 0 Å². The smallest absolute Gasteiger partial charge is 0.161 e. The SMILES string of the molecule is c1ccc(-n2c3ccccc3c3oc4cc(-c5ccc(-c6ccc7oc8ccccc8c7c6)cc5)ccc4c32)cc1. The van der Waals surface area contributed by atoms with E-state index in [1.54, 1.807) is 0 Å². The van der Waals surface area contributed by atoms with E-state index in [1.807, 2.05) is 12.1 Å². The van der Waals surface area contributed by atoms with Gasteiger partial charge in [0.2, 0.25) is 0 Å². The fourth-order valence-electron chi connectivity index (χ4n) is 6.25. The van der Waals surface area contributed by atoms with Gasteiger partial charge in [-0.25, -0.2) is 0 Å². The molecule has 0 radical (unpaired) electrons. The van der Waals surface area contributed by atoms with E-state index in [2.05, 4.69) is 132 Å². The van der Waals surface area contributed by atoms with Crippen LogP contribution in [0, 0.1) is 0 Å². The van der Waals surface area contributed by atoms with Gasteiger partial charge in [-0.15, -0.1) is 0 Å². The molecule has 0 N–H and O–H groups in total. The van der Waals surface area contributed by atoms with Crippen molar-refractivity contribution < 1.29 is 8.83 Å². The third-order valence-electron chi connectivity index (χ3n) is 8.22. The van der Waals surface area contributed by atoms with Crippen LogP contribution in [0.15, 0.2) is 148 Å². The van der Waals surface area contributed by atoms with Gasteiger partial charge in [0.1, 0.15) is 22.3 Å². The number of benzene rings is 6. The zero-order chi connectivity index (χ0) is 26.9. The first-order chi connectivity index (χ1) is 20.3. The molecule has 6 aromatic carbocycles. The Morgan fingerprint density at radius 1 is 0.390 bits per heavy atom. The largest absolute Gasteiger partial charge is 0.456 e. The molecule has 0 bridgehead atoms. The maximum absolute atomic E-state index is 6.56. The van der Waals surface area contributed by atoms with E-state index in [0.29, 0.717) is 0 Å². The van der Waals surface area contributed by atoms with Gasteiger partial charge in [-0.1, -0.05) is 84.9 Å². The summed E-state index contributed by atoms with van der Waals surface area (Å²) in [7, 11) is 0. The molecule has 192 valence electrons. The first kappa shape index (κ1) is 22.3. The molecule has 0 aliphatic rings. The number of aromatic nitrogens is 1. The second-order valence-corrected chi connectivity index (χ2v) is 10.6. The van der Waals surface area contributed by atoms with Gasteiger partial charge in [0.25, 0.3) is 0 Å². The third kappa shape index (κ3) is 3.33. The fraction of sp³-hybridized carbons (Fsp3) is 0. The molecular formula is C38H23NO2. The van der Waals surface area contributed by atoms with Crippen molar-refractivity contribution in [3.63, 3.8) is 0 Å². The van der Waals surface area contributed by atoms with Gasteiger partial charge in [0, 0.05) is 27.2 Å². The molecule has 0 atom stereocenters. The molecule has 0 saturated heterocycles. The van der Waals surface area contributed by atoms with E-state index in [-0.39, 0.29) is 0 Å². The number of hydrogen-bond donors (Lipinski definition) is 0. The summed E-state index contributed by atoms with van der Waals surface area (Å²) in [5.74, 6) is 0. The van der Waals surface area contributed by atoms with Crippen LogP contribution in [-0.2, 0) is 0 Å². The molecule has 0 amide bonds. The highest BCUT2D eigenvalue weighted by Gasteiger charge is 2.19. The Morgan fingerprint density at radius 3 is 1.85 bits per heavy atom. The summed E-state index contributed by atoms with van der Waals surface area (Å²) < 4.78 is 14.9. The summed E-state index contributed by atoms with van der Waals surface area (Å²) in [5.41, 5.74) is 11.7. The molecule has 0 unspecified atom stereocenters. The van der Waals surface area contributed by atoms with Crippen molar-refractivity contribution in [2.24, 2.45) is 0 Å². The predicted molar refractivity (Wildman–Crippen MR) is 169 cm³/mol. The van der Waals surface area contributed by atoms with Crippen LogP contribution < -0.4 is 0 Å². The molecule has 3 heteroatoms. The Morgan fingerprint density at radius 2 is 1.02 bits per heavy atom. The number of furan rings is 2. The van der Waals surface area contributed by atoms with Crippen molar-refractivity contribution in [1.82, 2.24) is 4.57 Å². The summed E-state index contributed by atoms with van der Waals surface area (Å²) in [5, 5.41) is 4.52. The van der Waals surface area contributed by atoms with Gasteiger partial charge in [-0.2, -0.15) is 0 Å².